The number of nitrogens with one attached hydrogen (secondary N) is 1. The number of likely N-dealkylation sites (tertiary alicyclic amines) is 1. The van der Waals surface area contributed by atoms with Gasteiger partial charge in [-0.25, -0.2) is 4.79 Å². The van der Waals surface area contributed by atoms with Gasteiger partial charge in [-0.2, -0.15) is 18.4 Å². The van der Waals surface area contributed by atoms with Crippen LogP contribution in [0, 0.1) is 22.7 Å². The minimum Gasteiger partial charge on any atom is -0.495 e. The number of alkyl halides is 3. The molecule has 2 atom stereocenters. The minimum absolute atomic E-state index is 0.00426. The summed E-state index contributed by atoms with van der Waals surface area (Å²) >= 11 is 0. The Morgan fingerprint density at radius 2 is 2.00 bits per heavy atom. The van der Waals surface area contributed by atoms with Crippen molar-refractivity contribution in [2.75, 3.05) is 57.2 Å². The molecule has 2 fully saturated rings. The van der Waals surface area contributed by atoms with E-state index in [-0.39, 0.29) is 17.4 Å². The zero-order valence-electron chi connectivity index (χ0n) is 19.6. The van der Waals surface area contributed by atoms with Crippen LogP contribution in [0.1, 0.15) is 17.5 Å². The van der Waals surface area contributed by atoms with Crippen molar-refractivity contribution < 1.29 is 27.4 Å². The molecule has 0 bridgehead atoms. The average molecular weight is 489 g/mol. The molecule has 0 radical (unpaired) electrons. The molecule has 2 heterocycles. The lowest BCUT2D eigenvalue weighted by Gasteiger charge is -2.42. The van der Waals surface area contributed by atoms with E-state index in [0.29, 0.717) is 56.3 Å². The van der Waals surface area contributed by atoms with Crippen LogP contribution in [-0.4, -0.2) is 57.9 Å². The summed E-state index contributed by atoms with van der Waals surface area (Å²) in [5.41, 5.74) is -0.651. The fraction of sp³-hybridized carbons (Fsp3) is 0.440. The van der Waals surface area contributed by atoms with E-state index >= 15 is 0 Å². The maximum Gasteiger partial charge on any atom is 0.417 e. The van der Waals surface area contributed by atoms with Crippen LogP contribution in [0.4, 0.5) is 29.3 Å². The number of methoxy groups -OCH3 is 2. The van der Waals surface area contributed by atoms with Crippen LogP contribution in [-0.2, 0) is 10.9 Å². The molecular formula is C25H27F3N4O3. The van der Waals surface area contributed by atoms with Crippen LogP contribution in [0.25, 0.3) is 0 Å². The second kappa shape index (κ2) is 9.66. The summed E-state index contributed by atoms with van der Waals surface area (Å²) in [6.45, 7) is 2.37. The van der Waals surface area contributed by atoms with Crippen molar-refractivity contribution in [1.29, 1.82) is 5.26 Å². The van der Waals surface area contributed by atoms with Crippen molar-refractivity contribution in [1.82, 2.24) is 4.90 Å². The number of hydrogen-bond acceptors (Lipinski definition) is 5. The molecule has 1 N–H and O–H groups in total. The van der Waals surface area contributed by atoms with Crippen LogP contribution >= 0.6 is 0 Å². The highest BCUT2D eigenvalue weighted by Crippen LogP contribution is 2.45. The second-order valence-electron chi connectivity index (χ2n) is 9.04. The Morgan fingerprint density at radius 3 is 2.69 bits per heavy atom. The third-order valence-corrected chi connectivity index (χ3v) is 6.99. The first-order chi connectivity index (χ1) is 16.7. The topological polar surface area (TPSA) is 77.8 Å². The number of fused-ring (bicyclic) bond motifs is 1. The normalized spacial score (nSPS) is 21.9. The Hall–Kier alpha value is -3.45. The van der Waals surface area contributed by atoms with Gasteiger partial charge in [-0.15, -0.1) is 0 Å². The van der Waals surface area contributed by atoms with E-state index in [9.17, 15) is 18.0 Å². The highest BCUT2D eigenvalue weighted by molar-refractivity contribution is 5.91. The summed E-state index contributed by atoms with van der Waals surface area (Å²) in [5.74, 6) is 0.560. The molecule has 2 aromatic rings. The van der Waals surface area contributed by atoms with E-state index in [1.54, 1.807) is 42.3 Å². The fourth-order valence-electron chi connectivity index (χ4n) is 5.19. The van der Waals surface area contributed by atoms with Crippen LogP contribution in [0.15, 0.2) is 42.5 Å². The van der Waals surface area contributed by atoms with Gasteiger partial charge in [0.2, 0.25) is 0 Å². The molecule has 4 rings (SSSR count). The number of anilines is 2. The number of para-hydroxylation sites is 2. The van der Waals surface area contributed by atoms with Gasteiger partial charge in [0.15, 0.2) is 0 Å². The van der Waals surface area contributed by atoms with Crippen LogP contribution in [0.2, 0.25) is 0 Å². The number of piperidine rings is 1. The molecule has 0 saturated carbocycles. The highest BCUT2D eigenvalue weighted by Gasteiger charge is 2.50. The highest BCUT2D eigenvalue weighted by atomic mass is 19.4. The molecule has 2 aliphatic rings. The second-order valence-corrected chi connectivity index (χ2v) is 9.04. The molecule has 0 spiro atoms. The minimum atomic E-state index is -4.62. The van der Waals surface area contributed by atoms with E-state index in [1.165, 1.54) is 13.2 Å². The molecule has 10 heteroatoms. The number of rotatable bonds is 5. The van der Waals surface area contributed by atoms with E-state index in [1.807, 2.05) is 11.0 Å². The first kappa shape index (κ1) is 24.7. The molecule has 2 aromatic carbocycles. The van der Waals surface area contributed by atoms with Crippen molar-refractivity contribution in [2.45, 2.75) is 12.6 Å². The first-order valence-corrected chi connectivity index (χ1v) is 11.2. The maximum absolute atomic E-state index is 13.5. The van der Waals surface area contributed by atoms with E-state index in [4.69, 9.17) is 14.7 Å². The third-order valence-electron chi connectivity index (χ3n) is 6.99. The van der Waals surface area contributed by atoms with Gasteiger partial charge in [-0.05, 0) is 36.8 Å². The summed E-state index contributed by atoms with van der Waals surface area (Å²) in [6.07, 6.45) is -3.96. The standard InChI is InChI=1S/C25H27F3N4O3/c1-34-16-24-9-10-31(23(33)30-21-5-3-4-6-22(21)35-2)13-18(24)14-32(15-24)19-8-7-17(12-29)20(11-19)25(26,27)28/h3-8,11,18H,9-10,13-16H2,1-2H3,(H,30,33). The zero-order chi connectivity index (χ0) is 25.2. The van der Waals surface area contributed by atoms with E-state index in [0.717, 1.165) is 6.07 Å². The lowest BCUT2D eigenvalue weighted by Crippen LogP contribution is -2.51. The molecule has 35 heavy (non-hydrogen) atoms. The molecule has 2 saturated heterocycles. The maximum atomic E-state index is 13.5. The summed E-state index contributed by atoms with van der Waals surface area (Å²) < 4.78 is 51.4. The molecule has 186 valence electrons. The summed E-state index contributed by atoms with van der Waals surface area (Å²) in [4.78, 5) is 16.7. The quantitative estimate of drug-likeness (QED) is 0.666. The van der Waals surface area contributed by atoms with Gasteiger partial charge in [0.1, 0.15) is 5.75 Å². The Kier molecular flexibility index (Phi) is 6.81. The van der Waals surface area contributed by atoms with Gasteiger partial charge >= 0.3 is 12.2 Å². The summed E-state index contributed by atoms with van der Waals surface area (Å²) in [6, 6.07) is 12.3. The largest absolute Gasteiger partial charge is 0.495 e. The monoisotopic (exact) mass is 488 g/mol. The predicted octanol–water partition coefficient (Wildman–Crippen LogP) is 4.59. The van der Waals surface area contributed by atoms with Gasteiger partial charge < -0.3 is 24.6 Å². The average Bonchev–Trinajstić information content (AvgIpc) is 3.22. The number of nitriles is 1. The van der Waals surface area contributed by atoms with Gasteiger partial charge in [0.05, 0.1) is 36.6 Å². The predicted molar refractivity (Wildman–Crippen MR) is 124 cm³/mol. The van der Waals surface area contributed by atoms with Crippen molar-refractivity contribution in [3.05, 3.63) is 53.6 Å². The number of ether oxygens (including phenoxy) is 2. The van der Waals surface area contributed by atoms with Gasteiger partial charge in [0, 0.05) is 50.3 Å². The number of benzene rings is 2. The lowest BCUT2D eigenvalue weighted by atomic mass is 9.73. The number of nitrogens with zero attached hydrogens (tertiary/aromatic N) is 3. The molecule has 2 aliphatic heterocycles. The van der Waals surface area contributed by atoms with E-state index < -0.39 is 17.3 Å². The van der Waals surface area contributed by atoms with Crippen molar-refractivity contribution >= 4 is 17.4 Å². The molecule has 7 nitrogen and oxygen atoms in total. The van der Waals surface area contributed by atoms with Gasteiger partial charge in [-0.3, -0.25) is 0 Å². The Balaban J connectivity index is 1.54. The van der Waals surface area contributed by atoms with Gasteiger partial charge in [-0.1, -0.05) is 12.1 Å². The number of amides is 2. The van der Waals surface area contributed by atoms with Crippen molar-refractivity contribution in [3.63, 3.8) is 0 Å². The first-order valence-electron chi connectivity index (χ1n) is 11.2. The smallest absolute Gasteiger partial charge is 0.417 e. The molecule has 2 amide bonds. The lowest BCUT2D eigenvalue weighted by molar-refractivity contribution is -0.137. The molecule has 0 aliphatic carbocycles. The number of hydrogen-bond donors (Lipinski definition) is 1. The van der Waals surface area contributed by atoms with Crippen LogP contribution in [0.3, 0.4) is 0 Å². The Morgan fingerprint density at radius 1 is 1.23 bits per heavy atom. The SMILES string of the molecule is COCC12CCN(C(=O)Nc3ccccc3OC)CC1CN(c1ccc(C#N)c(C(F)(F)F)c1)C2. The van der Waals surface area contributed by atoms with Crippen molar-refractivity contribution in [3.8, 4) is 11.8 Å². The molecule has 0 aromatic heterocycles. The van der Waals surface area contributed by atoms with E-state index in [2.05, 4.69) is 5.32 Å². The third kappa shape index (κ3) is 4.86. The Bertz CT molecular complexity index is 1130. The zero-order valence-corrected chi connectivity index (χ0v) is 19.6. The fourth-order valence-corrected chi connectivity index (χ4v) is 5.19. The summed E-state index contributed by atoms with van der Waals surface area (Å²) in [7, 11) is 3.14. The molecular weight excluding hydrogens is 461 g/mol. The van der Waals surface area contributed by atoms with Crippen LogP contribution < -0.4 is 15.0 Å². The van der Waals surface area contributed by atoms with Gasteiger partial charge in [0.25, 0.3) is 0 Å². The molecule has 2 unspecified atom stereocenters. The number of halogens is 3. The van der Waals surface area contributed by atoms with Crippen molar-refractivity contribution in [2.24, 2.45) is 11.3 Å². The Labute approximate surface area is 202 Å². The number of carbonyl (C=O) groups excluding carboxylic acids is 1. The number of urea groups is 1. The van der Waals surface area contributed by atoms with Crippen LogP contribution in [0.5, 0.6) is 5.75 Å². The summed E-state index contributed by atoms with van der Waals surface area (Å²) in [5, 5.41) is 12.0. The number of carbonyl (C=O) groups is 1.